The number of methoxy groups -OCH3 is 1. The Balaban J connectivity index is 1.79. The van der Waals surface area contributed by atoms with Gasteiger partial charge in [0.2, 0.25) is 0 Å². The van der Waals surface area contributed by atoms with Gasteiger partial charge in [0.05, 0.1) is 12.8 Å². The molecular formula is C18H24N4O2. The number of carbonyl (C=O) groups excluding carboxylic acids is 1. The van der Waals surface area contributed by atoms with Gasteiger partial charge in [-0.05, 0) is 56.5 Å². The van der Waals surface area contributed by atoms with E-state index in [4.69, 9.17) is 10.5 Å². The van der Waals surface area contributed by atoms with Gasteiger partial charge in [-0.3, -0.25) is 4.79 Å². The zero-order valence-electron chi connectivity index (χ0n) is 14.2. The predicted octanol–water partition coefficient (Wildman–Crippen LogP) is 2.22. The summed E-state index contributed by atoms with van der Waals surface area (Å²) in [4.78, 5) is 14.7. The second-order valence-electron chi connectivity index (χ2n) is 6.26. The molecule has 1 aromatic carbocycles. The van der Waals surface area contributed by atoms with Gasteiger partial charge in [-0.1, -0.05) is 0 Å². The molecule has 1 aromatic heterocycles. The molecule has 0 saturated carbocycles. The monoisotopic (exact) mass is 328 g/mol. The minimum Gasteiger partial charge on any atom is -0.497 e. The molecule has 2 unspecified atom stereocenters. The molecule has 2 N–H and O–H groups in total. The van der Waals surface area contributed by atoms with Crippen molar-refractivity contribution in [2.75, 3.05) is 13.7 Å². The number of piperidine rings is 1. The van der Waals surface area contributed by atoms with Crippen molar-refractivity contribution in [2.45, 2.75) is 38.3 Å². The molecule has 2 heterocycles. The first kappa shape index (κ1) is 16.5. The molecule has 0 aliphatic carbocycles. The summed E-state index contributed by atoms with van der Waals surface area (Å²) in [7, 11) is 1.63. The summed E-state index contributed by atoms with van der Waals surface area (Å²) in [6.45, 7) is 2.71. The number of carbonyl (C=O) groups is 1. The Morgan fingerprint density at radius 1 is 1.29 bits per heavy atom. The highest BCUT2D eigenvalue weighted by molar-refractivity contribution is 5.92. The Morgan fingerprint density at radius 3 is 2.71 bits per heavy atom. The first-order valence-electron chi connectivity index (χ1n) is 8.37. The average Bonchev–Trinajstić information content (AvgIpc) is 3.11. The van der Waals surface area contributed by atoms with Crippen LogP contribution in [0.5, 0.6) is 5.75 Å². The molecule has 1 aliphatic rings. The minimum absolute atomic E-state index is 0.0297. The van der Waals surface area contributed by atoms with E-state index in [1.54, 1.807) is 24.1 Å². The van der Waals surface area contributed by atoms with E-state index in [2.05, 4.69) is 5.10 Å². The van der Waals surface area contributed by atoms with E-state index < -0.39 is 0 Å². The van der Waals surface area contributed by atoms with Gasteiger partial charge in [0.15, 0.2) is 5.69 Å². The first-order valence-corrected chi connectivity index (χ1v) is 8.37. The van der Waals surface area contributed by atoms with Crippen molar-refractivity contribution in [3.8, 4) is 11.4 Å². The molecule has 2 aromatic rings. The van der Waals surface area contributed by atoms with E-state index in [0.29, 0.717) is 5.69 Å². The smallest absolute Gasteiger partial charge is 0.274 e. The lowest BCUT2D eigenvalue weighted by Crippen LogP contribution is -2.51. The zero-order chi connectivity index (χ0) is 17.1. The first-order chi connectivity index (χ1) is 11.6. The number of aromatic nitrogens is 2. The van der Waals surface area contributed by atoms with Crippen molar-refractivity contribution >= 4 is 5.91 Å². The molecule has 1 aliphatic heterocycles. The minimum atomic E-state index is -0.0377. The van der Waals surface area contributed by atoms with Gasteiger partial charge < -0.3 is 15.4 Å². The van der Waals surface area contributed by atoms with Crippen molar-refractivity contribution in [3.63, 3.8) is 0 Å². The third-order valence-electron chi connectivity index (χ3n) is 4.56. The lowest BCUT2D eigenvalue weighted by molar-refractivity contribution is 0.0577. The molecule has 0 bridgehead atoms. The quantitative estimate of drug-likeness (QED) is 0.934. The van der Waals surface area contributed by atoms with Crippen LogP contribution in [0.15, 0.2) is 36.5 Å². The SMILES string of the molecule is COc1ccc(-n2ccc(C(=O)N3CCCCC3C(C)N)n2)cc1. The number of hydrogen-bond donors (Lipinski definition) is 1. The maximum Gasteiger partial charge on any atom is 0.274 e. The topological polar surface area (TPSA) is 73.4 Å². The summed E-state index contributed by atoms with van der Waals surface area (Å²) >= 11 is 0. The molecule has 24 heavy (non-hydrogen) atoms. The molecule has 6 nitrogen and oxygen atoms in total. The van der Waals surface area contributed by atoms with Crippen LogP contribution in [0.3, 0.4) is 0 Å². The fourth-order valence-corrected chi connectivity index (χ4v) is 3.22. The van der Waals surface area contributed by atoms with E-state index >= 15 is 0 Å². The van der Waals surface area contributed by atoms with Crippen molar-refractivity contribution in [2.24, 2.45) is 5.73 Å². The molecule has 128 valence electrons. The highest BCUT2D eigenvalue weighted by Gasteiger charge is 2.30. The Labute approximate surface area is 142 Å². The molecule has 2 atom stereocenters. The molecule has 6 heteroatoms. The molecule has 0 spiro atoms. The highest BCUT2D eigenvalue weighted by Crippen LogP contribution is 2.21. The van der Waals surface area contributed by atoms with Gasteiger partial charge in [0.25, 0.3) is 5.91 Å². The average molecular weight is 328 g/mol. The summed E-state index contributed by atoms with van der Waals surface area (Å²) in [6, 6.07) is 9.39. The normalized spacial score (nSPS) is 19.1. The van der Waals surface area contributed by atoms with Gasteiger partial charge in [-0.2, -0.15) is 5.10 Å². The number of likely N-dealkylation sites (tertiary alicyclic amines) is 1. The lowest BCUT2D eigenvalue weighted by atomic mass is 9.96. The predicted molar refractivity (Wildman–Crippen MR) is 92.4 cm³/mol. The number of ether oxygens (including phenoxy) is 1. The lowest BCUT2D eigenvalue weighted by Gasteiger charge is -2.37. The van der Waals surface area contributed by atoms with Gasteiger partial charge >= 0.3 is 0 Å². The third kappa shape index (κ3) is 3.28. The zero-order valence-corrected chi connectivity index (χ0v) is 14.2. The van der Waals surface area contributed by atoms with Gasteiger partial charge in [0.1, 0.15) is 5.75 Å². The summed E-state index contributed by atoms with van der Waals surface area (Å²) in [5.74, 6) is 0.750. The largest absolute Gasteiger partial charge is 0.497 e. The molecule has 3 rings (SSSR count). The Hall–Kier alpha value is -2.34. The van der Waals surface area contributed by atoms with Crippen LogP contribution in [0.2, 0.25) is 0 Å². The number of hydrogen-bond acceptors (Lipinski definition) is 4. The summed E-state index contributed by atoms with van der Waals surface area (Å²) in [5, 5.41) is 4.45. The van der Waals surface area contributed by atoms with Crippen LogP contribution in [0.4, 0.5) is 0 Å². The Morgan fingerprint density at radius 2 is 2.04 bits per heavy atom. The summed E-state index contributed by atoms with van der Waals surface area (Å²) < 4.78 is 6.87. The molecule has 1 fully saturated rings. The van der Waals surface area contributed by atoms with Gasteiger partial charge in [0, 0.05) is 24.8 Å². The fourth-order valence-electron chi connectivity index (χ4n) is 3.22. The standard InChI is InChI=1S/C18H24N4O2/c1-13(19)17-5-3-4-11-21(17)18(23)16-10-12-22(20-16)14-6-8-15(24-2)9-7-14/h6-10,12-13,17H,3-5,11,19H2,1-2H3. The van der Waals surface area contributed by atoms with Gasteiger partial charge in [-0.25, -0.2) is 4.68 Å². The van der Waals surface area contributed by atoms with Crippen LogP contribution in [0.1, 0.15) is 36.7 Å². The van der Waals surface area contributed by atoms with E-state index in [-0.39, 0.29) is 18.0 Å². The van der Waals surface area contributed by atoms with Crippen molar-refractivity contribution in [1.29, 1.82) is 0 Å². The van der Waals surface area contributed by atoms with Crippen LogP contribution >= 0.6 is 0 Å². The number of benzene rings is 1. The Bertz CT molecular complexity index is 693. The second kappa shape index (κ2) is 7.05. The maximum absolute atomic E-state index is 12.8. The molecule has 1 amide bonds. The van der Waals surface area contributed by atoms with Crippen LogP contribution in [-0.4, -0.2) is 46.3 Å². The Kier molecular flexibility index (Phi) is 4.85. The highest BCUT2D eigenvalue weighted by atomic mass is 16.5. The number of amides is 1. The van der Waals surface area contributed by atoms with E-state index in [1.165, 1.54) is 0 Å². The van der Waals surface area contributed by atoms with E-state index in [9.17, 15) is 4.79 Å². The maximum atomic E-state index is 12.8. The van der Waals surface area contributed by atoms with E-state index in [1.807, 2.05) is 36.1 Å². The summed E-state index contributed by atoms with van der Waals surface area (Å²) in [5.41, 5.74) is 7.41. The van der Waals surface area contributed by atoms with Crippen molar-refractivity contribution in [1.82, 2.24) is 14.7 Å². The fraction of sp³-hybridized carbons (Fsp3) is 0.444. The molecular weight excluding hydrogens is 304 g/mol. The number of nitrogens with two attached hydrogens (primary N) is 1. The number of nitrogens with zero attached hydrogens (tertiary/aromatic N) is 3. The number of rotatable bonds is 4. The van der Waals surface area contributed by atoms with E-state index in [0.717, 1.165) is 37.2 Å². The van der Waals surface area contributed by atoms with Crippen LogP contribution in [-0.2, 0) is 0 Å². The molecule has 0 radical (unpaired) electrons. The van der Waals surface area contributed by atoms with Crippen molar-refractivity contribution < 1.29 is 9.53 Å². The molecule has 1 saturated heterocycles. The van der Waals surface area contributed by atoms with Crippen LogP contribution in [0.25, 0.3) is 5.69 Å². The van der Waals surface area contributed by atoms with Crippen LogP contribution in [0, 0.1) is 0 Å². The summed E-state index contributed by atoms with van der Waals surface area (Å²) in [6.07, 6.45) is 4.91. The van der Waals surface area contributed by atoms with Gasteiger partial charge in [-0.15, -0.1) is 0 Å². The third-order valence-corrected chi connectivity index (χ3v) is 4.56. The van der Waals surface area contributed by atoms with Crippen molar-refractivity contribution in [3.05, 3.63) is 42.2 Å². The van der Waals surface area contributed by atoms with Crippen LogP contribution < -0.4 is 10.5 Å². The second-order valence-corrected chi connectivity index (χ2v) is 6.26.